The topological polar surface area (TPSA) is 30.7 Å². The summed E-state index contributed by atoms with van der Waals surface area (Å²) >= 11 is 1.69. The van der Waals surface area contributed by atoms with E-state index in [0.717, 1.165) is 47.5 Å². The number of nitrogens with zero attached hydrogens (tertiary/aromatic N) is 3. The largest absolute Gasteiger partial charge is 0.360 e. The molecule has 0 fully saturated rings. The molecule has 0 saturated carbocycles. The number of imidazole rings is 1. The molecule has 1 radical (unpaired) electrons. The van der Waals surface area contributed by atoms with Crippen LogP contribution >= 0.6 is 11.3 Å². The van der Waals surface area contributed by atoms with Gasteiger partial charge >= 0.3 is 0 Å². The van der Waals surface area contributed by atoms with Gasteiger partial charge in [-0.05, 0) is 77.2 Å². The monoisotopic (exact) mass is 891 g/mol. The van der Waals surface area contributed by atoms with Crippen LogP contribution in [0.15, 0.2) is 134 Å². The Kier molecular flexibility index (Phi) is 11.2. The summed E-state index contributed by atoms with van der Waals surface area (Å²) in [4.78, 5) is 9.34. The standard InChI is InChI=1S/C36H35N2S.C12H10N.Ir/c1-24(2)28-13-10-14-29(25(3)4)31(28)22-38-34-16-9-8-15-33(34)37-36(38)32-23-39-35-20-19-27(21-30(32)35)18-17-26-11-6-5-7-12-26;1-10-7-8-12(13-9-10)11-5-3-2-4-6-11;/h5-16,19-21,24-25H,17-18,22H2,1-4H3;2-5,7-9H,1H3;/q2*-1;/i;1D3;. The van der Waals surface area contributed by atoms with Gasteiger partial charge < -0.3 is 9.55 Å². The van der Waals surface area contributed by atoms with Crippen LogP contribution in [0.5, 0.6) is 0 Å². The molecule has 5 heteroatoms. The van der Waals surface area contributed by atoms with E-state index in [-0.39, 0.29) is 25.7 Å². The Bertz CT molecular complexity index is 2480. The van der Waals surface area contributed by atoms with Crippen molar-refractivity contribution in [3.8, 4) is 22.6 Å². The Balaban J connectivity index is 0.000000263. The number of para-hydroxylation sites is 2. The number of aryl methyl sites for hydroxylation is 3. The van der Waals surface area contributed by atoms with Crippen LogP contribution in [-0.4, -0.2) is 14.5 Å². The number of hydrogen-bond donors (Lipinski definition) is 0. The number of rotatable bonds is 9. The van der Waals surface area contributed by atoms with Crippen LogP contribution in [0.25, 0.3) is 43.8 Å². The number of fused-ring (bicyclic) bond motifs is 2. The van der Waals surface area contributed by atoms with Crippen LogP contribution < -0.4 is 0 Å². The summed E-state index contributed by atoms with van der Waals surface area (Å²) < 4.78 is 25.4. The Labute approximate surface area is 336 Å². The van der Waals surface area contributed by atoms with Gasteiger partial charge in [-0.15, -0.1) is 47.3 Å². The van der Waals surface area contributed by atoms with Gasteiger partial charge in [-0.25, -0.2) is 0 Å². The minimum atomic E-state index is -2.09. The second kappa shape index (κ2) is 17.4. The quantitative estimate of drug-likeness (QED) is 0.135. The van der Waals surface area contributed by atoms with Gasteiger partial charge in [-0.2, -0.15) is 0 Å². The van der Waals surface area contributed by atoms with Crippen LogP contribution in [0.1, 0.15) is 77.0 Å². The van der Waals surface area contributed by atoms with E-state index in [1.807, 2.05) is 18.2 Å². The molecular weight excluding hydrogens is 843 g/mol. The maximum atomic E-state index is 7.23. The molecule has 0 bridgehead atoms. The van der Waals surface area contributed by atoms with Gasteiger partial charge in [0, 0.05) is 37.0 Å². The molecule has 8 rings (SSSR count). The first-order valence-electron chi connectivity index (χ1n) is 19.5. The number of pyridine rings is 1. The molecule has 3 nitrogen and oxygen atoms in total. The van der Waals surface area contributed by atoms with Gasteiger partial charge in [-0.3, -0.25) is 16.3 Å². The molecule has 0 amide bonds. The molecule has 0 aliphatic heterocycles. The van der Waals surface area contributed by atoms with Crippen LogP contribution in [0.3, 0.4) is 0 Å². The zero-order chi connectivity index (χ0) is 38.5. The van der Waals surface area contributed by atoms with Gasteiger partial charge in [0.25, 0.3) is 0 Å². The number of thiophene rings is 1. The van der Waals surface area contributed by atoms with E-state index in [0.29, 0.717) is 11.8 Å². The summed E-state index contributed by atoms with van der Waals surface area (Å²) in [6, 6.07) is 46.8. The summed E-state index contributed by atoms with van der Waals surface area (Å²) in [5.74, 6) is 1.92. The second-order valence-corrected chi connectivity index (χ2v) is 14.7. The van der Waals surface area contributed by atoms with Crippen molar-refractivity contribution < 1.29 is 24.2 Å². The SMILES string of the molecule is CC(C)c1cccc(C(C)C)c1Cn1c(-c2[c-]sc3ccc(CCc4ccccc4)cc23)nc2ccccc21.[2H]C([2H])([2H])c1ccc(-c2[c-]cccc2)nc1.[Ir]. The smallest absolute Gasteiger partial charge is 0.0770 e. The van der Waals surface area contributed by atoms with E-state index >= 15 is 0 Å². The molecule has 5 aromatic carbocycles. The maximum absolute atomic E-state index is 7.23. The van der Waals surface area contributed by atoms with Gasteiger partial charge in [0.2, 0.25) is 0 Å². The molecule has 0 aliphatic rings. The molecule has 0 saturated heterocycles. The van der Waals surface area contributed by atoms with Crippen molar-refractivity contribution in [1.82, 2.24) is 14.5 Å². The first kappa shape index (κ1) is 34.1. The van der Waals surface area contributed by atoms with Gasteiger partial charge in [0.15, 0.2) is 0 Å². The number of benzene rings is 5. The summed E-state index contributed by atoms with van der Waals surface area (Å²) in [6.07, 6.45) is 3.45. The zero-order valence-electron chi connectivity index (χ0n) is 33.6. The number of hydrogen-bond acceptors (Lipinski definition) is 3. The fourth-order valence-corrected chi connectivity index (χ4v) is 7.68. The van der Waals surface area contributed by atoms with Crippen molar-refractivity contribution in [1.29, 1.82) is 0 Å². The molecule has 0 aliphatic carbocycles. The molecule has 8 aromatic rings. The molecule has 0 unspecified atom stereocenters. The Morgan fingerprint density at radius 3 is 2.19 bits per heavy atom. The van der Waals surface area contributed by atoms with Gasteiger partial charge in [0.1, 0.15) is 0 Å². The van der Waals surface area contributed by atoms with E-state index in [4.69, 9.17) is 9.10 Å². The predicted octanol–water partition coefficient (Wildman–Crippen LogP) is 12.7. The third kappa shape index (κ3) is 8.77. The third-order valence-electron chi connectivity index (χ3n) is 9.56. The van der Waals surface area contributed by atoms with Crippen LogP contribution in [-0.2, 0) is 39.5 Å². The molecule has 53 heavy (non-hydrogen) atoms. The summed E-state index contributed by atoms with van der Waals surface area (Å²) in [5.41, 5.74) is 12.2. The molecular formula is C48H45IrN3S-2. The summed E-state index contributed by atoms with van der Waals surface area (Å²) in [5, 5.41) is 4.90. The van der Waals surface area contributed by atoms with Crippen LogP contribution in [0, 0.1) is 18.3 Å². The normalized spacial score (nSPS) is 12.2. The summed E-state index contributed by atoms with van der Waals surface area (Å²) in [6.45, 7) is 7.91. The van der Waals surface area contributed by atoms with Crippen molar-refractivity contribution in [3.05, 3.63) is 178 Å². The summed E-state index contributed by atoms with van der Waals surface area (Å²) in [7, 11) is 0. The predicted molar refractivity (Wildman–Crippen MR) is 220 cm³/mol. The fourth-order valence-electron chi connectivity index (χ4n) is 6.86. The second-order valence-electron chi connectivity index (χ2n) is 13.8. The van der Waals surface area contributed by atoms with Crippen LogP contribution in [0.4, 0.5) is 0 Å². The minimum Gasteiger partial charge on any atom is -0.360 e. The van der Waals surface area contributed by atoms with Crippen molar-refractivity contribution in [3.63, 3.8) is 0 Å². The molecule has 0 atom stereocenters. The Morgan fingerprint density at radius 2 is 1.49 bits per heavy atom. The van der Waals surface area contributed by atoms with Gasteiger partial charge in [-0.1, -0.05) is 134 Å². The molecule has 269 valence electrons. The first-order valence-corrected chi connectivity index (χ1v) is 18.9. The minimum absolute atomic E-state index is 0. The molecule has 0 N–H and O–H groups in total. The molecule has 3 heterocycles. The first-order chi connectivity index (χ1) is 26.6. The van der Waals surface area contributed by atoms with E-state index in [9.17, 15) is 0 Å². The van der Waals surface area contributed by atoms with E-state index < -0.39 is 6.85 Å². The van der Waals surface area contributed by atoms with Gasteiger partial charge in [0.05, 0.1) is 16.9 Å². The van der Waals surface area contributed by atoms with Crippen molar-refractivity contribution in [2.75, 3.05) is 0 Å². The maximum Gasteiger partial charge on any atom is 0.0770 e. The van der Waals surface area contributed by atoms with Crippen LogP contribution in [0.2, 0.25) is 0 Å². The molecule has 3 aromatic heterocycles. The van der Waals surface area contributed by atoms with E-state index in [1.165, 1.54) is 49.6 Å². The molecule has 0 spiro atoms. The average Bonchev–Trinajstić information content (AvgIpc) is 3.78. The van der Waals surface area contributed by atoms with Crippen molar-refractivity contribution in [2.45, 2.75) is 65.8 Å². The van der Waals surface area contributed by atoms with E-state index in [1.54, 1.807) is 29.5 Å². The Morgan fingerprint density at radius 1 is 0.755 bits per heavy atom. The Hall–Kier alpha value is -4.67. The fraction of sp³-hybridized carbons (Fsp3) is 0.208. The van der Waals surface area contributed by atoms with Crippen molar-refractivity contribution in [2.24, 2.45) is 0 Å². The average molecular weight is 891 g/mol. The van der Waals surface area contributed by atoms with E-state index in [2.05, 4.69) is 140 Å². The zero-order valence-corrected chi connectivity index (χ0v) is 33.8. The number of aromatic nitrogens is 3. The third-order valence-corrected chi connectivity index (χ3v) is 10.4. The van der Waals surface area contributed by atoms with Crippen molar-refractivity contribution >= 4 is 32.5 Å².